The number of carbonyl (C=O) groups is 1. The summed E-state index contributed by atoms with van der Waals surface area (Å²) in [5.41, 5.74) is 5.67. The normalized spacial score (nSPS) is 10.9. The number of nitrogens with two attached hydrogens (primary N) is 1. The molecule has 0 bridgehead atoms. The zero-order valence-corrected chi connectivity index (χ0v) is 13.0. The molecule has 0 unspecified atom stereocenters. The lowest BCUT2D eigenvalue weighted by Crippen LogP contribution is -2.45. The van der Waals surface area contributed by atoms with Crippen LogP contribution in [-0.4, -0.2) is 33.0 Å². The highest BCUT2D eigenvalue weighted by atomic mass is 35.5. The first kappa shape index (κ1) is 16.6. The van der Waals surface area contributed by atoms with Crippen molar-refractivity contribution in [2.75, 3.05) is 6.54 Å². The maximum absolute atomic E-state index is 11.8. The van der Waals surface area contributed by atoms with Gasteiger partial charge in [0.15, 0.2) is 5.69 Å². The Hall–Kier alpha value is -1.44. The second kappa shape index (κ2) is 6.83. The number of amides is 1. The largest absolute Gasteiger partial charge is 0.349 e. The van der Waals surface area contributed by atoms with Crippen molar-refractivity contribution in [2.24, 2.45) is 5.73 Å². The minimum Gasteiger partial charge on any atom is -0.349 e. The number of nitrogens with zero attached hydrogens (tertiary/aromatic N) is 3. The van der Waals surface area contributed by atoms with Crippen molar-refractivity contribution >= 4 is 29.7 Å². The zero-order valence-electron chi connectivity index (χ0n) is 11.4. The van der Waals surface area contributed by atoms with Crippen molar-refractivity contribution < 1.29 is 4.79 Å². The molecule has 3 N–H and O–H groups in total. The molecule has 2 heterocycles. The average molecular weight is 316 g/mol. The predicted molar refractivity (Wildman–Crippen MR) is 81.3 cm³/mol. The molecule has 0 aliphatic heterocycles. The fraction of sp³-hybridized carbons (Fsp3) is 0.417. The summed E-state index contributed by atoms with van der Waals surface area (Å²) in [6.07, 6.45) is 1.64. The van der Waals surface area contributed by atoms with Crippen LogP contribution in [0, 0.1) is 0 Å². The Labute approximate surface area is 127 Å². The van der Waals surface area contributed by atoms with Crippen LogP contribution in [0.1, 0.15) is 29.2 Å². The predicted octanol–water partition coefficient (Wildman–Crippen LogP) is 1.28. The average Bonchev–Trinajstić information content (AvgIpc) is 2.97. The maximum atomic E-state index is 11.8. The van der Waals surface area contributed by atoms with Gasteiger partial charge < -0.3 is 11.1 Å². The molecule has 0 fully saturated rings. The number of halogens is 1. The van der Waals surface area contributed by atoms with E-state index in [0.717, 1.165) is 0 Å². The molecule has 0 spiro atoms. The van der Waals surface area contributed by atoms with Gasteiger partial charge in [-0.1, -0.05) is 11.3 Å². The van der Waals surface area contributed by atoms with Gasteiger partial charge in [-0.2, -0.15) is 0 Å². The lowest BCUT2D eigenvalue weighted by Gasteiger charge is -2.18. The van der Waals surface area contributed by atoms with Crippen molar-refractivity contribution in [1.82, 2.24) is 20.3 Å². The molecule has 20 heavy (non-hydrogen) atoms. The van der Waals surface area contributed by atoms with Crippen molar-refractivity contribution in [3.8, 4) is 0 Å². The summed E-state index contributed by atoms with van der Waals surface area (Å²) < 4.78 is 1.65. The van der Waals surface area contributed by atoms with Crippen LogP contribution in [0.15, 0.2) is 23.7 Å². The lowest BCUT2D eigenvalue weighted by atomic mass is 10.1. The van der Waals surface area contributed by atoms with Crippen LogP contribution in [0.2, 0.25) is 0 Å². The molecule has 0 aliphatic carbocycles. The molecular formula is C12H18ClN5OS. The van der Waals surface area contributed by atoms with Gasteiger partial charge in [0.2, 0.25) is 0 Å². The molecule has 2 rings (SSSR count). The topological polar surface area (TPSA) is 85.8 Å². The molecule has 110 valence electrons. The molecular weight excluding hydrogens is 298 g/mol. The second-order valence-corrected chi connectivity index (χ2v) is 6.08. The molecule has 8 heteroatoms. The monoisotopic (exact) mass is 315 g/mol. The van der Waals surface area contributed by atoms with Gasteiger partial charge in [0, 0.05) is 17.0 Å². The number of carbonyl (C=O) groups excluding carboxylic acids is 1. The molecule has 2 aromatic heterocycles. The van der Waals surface area contributed by atoms with E-state index in [0.29, 0.717) is 18.8 Å². The van der Waals surface area contributed by atoms with Crippen molar-refractivity contribution in [2.45, 2.75) is 25.9 Å². The van der Waals surface area contributed by atoms with Gasteiger partial charge >= 0.3 is 0 Å². The number of aromatic nitrogens is 3. The highest BCUT2D eigenvalue weighted by molar-refractivity contribution is 7.09. The maximum Gasteiger partial charge on any atom is 0.273 e. The molecule has 0 aromatic carbocycles. The van der Waals surface area contributed by atoms with Gasteiger partial charge in [-0.15, -0.1) is 28.8 Å². The molecule has 0 aliphatic rings. The van der Waals surface area contributed by atoms with E-state index >= 15 is 0 Å². The third kappa shape index (κ3) is 4.92. The smallest absolute Gasteiger partial charge is 0.273 e. The van der Waals surface area contributed by atoms with E-state index in [1.807, 2.05) is 31.4 Å². The number of hydrogen-bond donors (Lipinski definition) is 2. The fourth-order valence-electron chi connectivity index (χ4n) is 1.44. The summed E-state index contributed by atoms with van der Waals surface area (Å²) in [6, 6.07) is 4.00. The Balaban J connectivity index is 0.00000200. The minimum atomic E-state index is -0.442. The van der Waals surface area contributed by atoms with E-state index in [9.17, 15) is 4.79 Å². The zero-order chi connectivity index (χ0) is 13.9. The number of thiophene rings is 1. The number of hydrogen-bond acceptors (Lipinski definition) is 5. The van der Waals surface area contributed by atoms with Crippen LogP contribution < -0.4 is 11.1 Å². The summed E-state index contributed by atoms with van der Waals surface area (Å²) in [5, 5.41) is 12.5. The summed E-state index contributed by atoms with van der Waals surface area (Å²) in [4.78, 5) is 13.0. The SMILES string of the molecule is CC(C)(N)CNC(=O)c1cn(Cc2cccs2)nn1.Cl. The fourth-order valence-corrected chi connectivity index (χ4v) is 2.14. The van der Waals surface area contributed by atoms with Crippen molar-refractivity contribution in [1.29, 1.82) is 0 Å². The molecule has 1 amide bonds. The van der Waals surface area contributed by atoms with Gasteiger partial charge in [0.25, 0.3) is 5.91 Å². The summed E-state index contributed by atoms with van der Waals surface area (Å²) in [7, 11) is 0. The first-order valence-electron chi connectivity index (χ1n) is 5.94. The van der Waals surface area contributed by atoms with Crippen LogP contribution in [0.4, 0.5) is 0 Å². The Bertz CT molecular complexity index is 546. The van der Waals surface area contributed by atoms with Crippen LogP contribution >= 0.6 is 23.7 Å². The highest BCUT2D eigenvalue weighted by Gasteiger charge is 2.15. The van der Waals surface area contributed by atoms with E-state index in [1.54, 1.807) is 22.2 Å². The van der Waals surface area contributed by atoms with Crippen molar-refractivity contribution in [3.05, 3.63) is 34.3 Å². The molecule has 0 atom stereocenters. The summed E-state index contributed by atoms with van der Waals surface area (Å²) in [5.74, 6) is -0.254. The van der Waals surface area contributed by atoms with E-state index < -0.39 is 5.54 Å². The van der Waals surface area contributed by atoms with E-state index in [2.05, 4.69) is 15.6 Å². The van der Waals surface area contributed by atoms with Gasteiger partial charge in [-0.25, -0.2) is 4.68 Å². The molecule has 0 saturated heterocycles. The quantitative estimate of drug-likeness (QED) is 0.870. The van der Waals surface area contributed by atoms with Crippen LogP contribution in [0.25, 0.3) is 0 Å². The second-order valence-electron chi connectivity index (χ2n) is 5.05. The van der Waals surface area contributed by atoms with Gasteiger partial charge in [0.1, 0.15) is 0 Å². The molecule has 2 aromatic rings. The van der Waals surface area contributed by atoms with Crippen LogP contribution in [0.3, 0.4) is 0 Å². The molecule has 0 saturated carbocycles. The Morgan fingerprint density at radius 1 is 1.55 bits per heavy atom. The van der Waals surface area contributed by atoms with E-state index in [4.69, 9.17) is 5.73 Å². The first-order chi connectivity index (χ1) is 8.94. The van der Waals surface area contributed by atoms with E-state index in [-0.39, 0.29) is 18.3 Å². The first-order valence-corrected chi connectivity index (χ1v) is 6.81. The van der Waals surface area contributed by atoms with Crippen LogP contribution in [-0.2, 0) is 6.54 Å². The third-order valence-electron chi connectivity index (χ3n) is 2.37. The van der Waals surface area contributed by atoms with Crippen molar-refractivity contribution in [3.63, 3.8) is 0 Å². The summed E-state index contributed by atoms with van der Waals surface area (Å²) in [6.45, 7) is 4.71. The Morgan fingerprint density at radius 2 is 2.30 bits per heavy atom. The molecule has 6 nitrogen and oxygen atoms in total. The number of nitrogens with one attached hydrogen (secondary N) is 1. The Morgan fingerprint density at radius 3 is 2.90 bits per heavy atom. The third-order valence-corrected chi connectivity index (χ3v) is 3.23. The van der Waals surface area contributed by atoms with E-state index in [1.165, 1.54) is 4.88 Å². The highest BCUT2D eigenvalue weighted by Crippen LogP contribution is 2.09. The lowest BCUT2D eigenvalue weighted by molar-refractivity contribution is 0.0941. The van der Waals surface area contributed by atoms with Gasteiger partial charge in [0.05, 0.1) is 12.7 Å². The number of rotatable bonds is 5. The van der Waals surface area contributed by atoms with Gasteiger partial charge in [-0.3, -0.25) is 4.79 Å². The standard InChI is InChI=1S/C12H17N5OS.ClH/c1-12(2,13)8-14-11(18)10-7-17(16-15-10)6-9-4-3-5-19-9;/h3-5,7H,6,8,13H2,1-2H3,(H,14,18);1H. The summed E-state index contributed by atoms with van der Waals surface area (Å²) >= 11 is 1.64. The molecule has 0 radical (unpaired) electrons. The minimum absolute atomic E-state index is 0. The Kier molecular flexibility index (Phi) is 5.67. The van der Waals surface area contributed by atoms with Gasteiger partial charge in [-0.05, 0) is 25.3 Å². The van der Waals surface area contributed by atoms with Crippen LogP contribution in [0.5, 0.6) is 0 Å².